The highest BCUT2D eigenvalue weighted by molar-refractivity contribution is 6.33. The van der Waals surface area contributed by atoms with Crippen LogP contribution in [0.2, 0.25) is 5.02 Å². The molecule has 15 heavy (non-hydrogen) atoms. The Labute approximate surface area is 102 Å². The highest BCUT2D eigenvalue weighted by Gasteiger charge is 2.11. The number of rotatable bonds is 4. The van der Waals surface area contributed by atoms with Crippen LogP contribution < -0.4 is 4.90 Å². The maximum atomic E-state index is 6.20. The van der Waals surface area contributed by atoms with Gasteiger partial charge in [0.15, 0.2) is 0 Å². The first kappa shape index (κ1) is 12.7. The predicted molar refractivity (Wildman–Crippen MR) is 69.2 cm³/mol. The molecule has 0 amide bonds. The van der Waals surface area contributed by atoms with Crippen LogP contribution in [0.3, 0.4) is 0 Å². The zero-order chi connectivity index (χ0) is 11.4. The Morgan fingerprint density at radius 1 is 1.40 bits per heavy atom. The fourth-order valence-corrected chi connectivity index (χ4v) is 1.93. The lowest BCUT2D eigenvalue weighted by atomic mass is 10.1. The summed E-state index contributed by atoms with van der Waals surface area (Å²) in [6, 6.07) is 6.48. The molecule has 0 bridgehead atoms. The van der Waals surface area contributed by atoms with Gasteiger partial charge in [0.25, 0.3) is 0 Å². The monoisotopic (exact) mass is 245 g/mol. The Morgan fingerprint density at radius 3 is 2.53 bits per heavy atom. The smallest absolute Gasteiger partial charge is 0.0642 e. The van der Waals surface area contributed by atoms with E-state index in [1.807, 2.05) is 18.2 Å². The number of benzene rings is 1. The van der Waals surface area contributed by atoms with Crippen LogP contribution >= 0.6 is 23.2 Å². The van der Waals surface area contributed by atoms with Gasteiger partial charge in [0, 0.05) is 19.0 Å². The Hall–Kier alpha value is -0.400. The molecule has 3 heteroatoms. The molecule has 0 aliphatic heterocycles. The number of halogens is 2. The number of hydrogen-bond acceptors (Lipinski definition) is 1. The van der Waals surface area contributed by atoms with Gasteiger partial charge in [-0.1, -0.05) is 24.6 Å². The molecule has 84 valence electrons. The quantitative estimate of drug-likeness (QED) is 0.715. The summed E-state index contributed by atoms with van der Waals surface area (Å²) in [6.07, 6.45) is 1.10. The van der Waals surface area contributed by atoms with E-state index in [1.54, 1.807) is 0 Å². The van der Waals surface area contributed by atoms with Gasteiger partial charge >= 0.3 is 0 Å². The lowest BCUT2D eigenvalue weighted by molar-refractivity contribution is 0.664. The van der Waals surface area contributed by atoms with Crippen LogP contribution in [0.1, 0.15) is 25.8 Å². The fraction of sp³-hybridized carbons (Fsp3) is 0.500. The first-order valence-corrected chi connectivity index (χ1v) is 6.08. The summed E-state index contributed by atoms with van der Waals surface area (Å²) in [5, 5.41) is 0.774. The van der Waals surface area contributed by atoms with Crippen LogP contribution in [-0.4, -0.2) is 13.1 Å². The Bertz CT molecular complexity index is 325. The molecule has 1 atom stereocenters. The summed E-state index contributed by atoms with van der Waals surface area (Å²) in [5.41, 5.74) is 2.13. The molecule has 0 aliphatic rings. The van der Waals surface area contributed by atoms with Gasteiger partial charge in [0.1, 0.15) is 0 Å². The first-order valence-electron chi connectivity index (χ1n) is 5.17. The zero-order valence-corrected chi connectivity index (χ0v) is 10.9. The first-order chi connectivity index (χ1) is 7.10. The maximum Gasteiger partial charge on any atom is 0.0642 e. The summed E-state index contributed by atoms with van der Waals surface area (Å²) >= 11 is 12.0. The lowest BCUT2D eigenvalue weighted by Crippen LogP contribution is -2.28. The van der Waals surface area contributed by atoms with E-state index in [2.05, 4.69) is 25.8 Å². The highest BCUT2D eigenvalue weighted by Crippen LogP contribution is 2.28. The SMILES string of the molecule is CCC(C)N(C)c1ccc(CCl)cc1Cl. The molecule has 0 heterocycles. The van der Waals surface area contributed by atoms with Crippen molar-refractivity contribution in [3.8, 4) is 0 Å². The van der Waals surface area contributed by atoms with E-state index in [-0.39, 0.29) is 0 Å². The van der Waals surface area contributed by atoms with Gasteiger partial charge < -0.3 is 4.90 Å². The normalized spacial score (nSPS) is 12.6. The number of nitrogens with zero attached hydrogens (tertiary/aromatic N) is 1. The molecule has 0 saturated heterocycles. The summed E-state index contributed by atoms with van der Waals surface area (Å²) in [7, 11) is 2.07. The molecule has 1 aromatic rings. The van der Waals surface area contributed by atoms with E-state index < -0.39 is 0 Å². The van der Waals surface area contributed by atoms with E-state index in [1.165, 1.54) is 0 Å². The van der Waals surface area contributed by atoms with Crippen molar-refractivity contribution in [2.45, 2.75) is 32.2 Å². The van der Waals surface area contributed by atoms with Crippen molar-refractivity contribution in [1.82, 2.24) is 0 Å². The molecule has 0 spiro atoms. The van der Waals surface area contributed by atoms with Gasteiger partial charge in [-0.15, -0.1) is 11.6 Å². The van der Waals surface area contributed by atoms with Crippen LogP contribution in [0, 0.1) is 0 Å². The topological polar surface area (TPSA) is 3.24 Å². The molecule has 0 saturated carbocycles. The lowest BCUT2D eigenvalue weighted by Gasteiger charge is -2.27. The molecular formula is C12H17Cl2N. The van der Waals surface area contributed by atoms with Gasteiger partial charge in [-0.25, -0.2) is 0 Å². The Balaban J connectivity index is 2.95. The molecule has 0 fully saturated rings. The fourth-order valence-electron chi connectivity index (χ4n) is 1.43. The number of anilines is 1. The van der Waals surface area contributed by atoms with Gasteiger partial charge in [-0.05, 0) is 31.0 Å². The average molecular weight is 246 g/mol. The van der Waals surface area contributed by atoms with Gasteiger partial charge in [0.05, 0.1) is 10.7 Å². The Kier molecular flexibility index (Phi) is 4.75. The number of hydrogen-bond donors (Lipinski definition) is 0. The van der Waals surface area contributed by atoms with Gasteiger partial charge in [0.2, 0.25) is 0 Å². The zero-order valence-electron chi connectivity index (χ0n) is 9.43. The van der Waals surface area contributed by atoms with Crippen molar-refractivity contribution in [3.05, 3.63) is 28.8 Å². The van der Waals surface area contributed by atoms with E-state index in [9.17, 15) is 0 Å². The van der Waals surface area contributed by atoms with E-state index in [0.717, 1.165) is 22.7 Å². The predicted octanol–water partition coefficient (Wildman–Crippen LogP) is 4.31. The third-order valence-electron chi connectivity index (χ3n) is 2.80. The molecule has 0 radical (unpaired) electrons. The van der Waals surface area contributed by atoms with Crippen LogP contribution in [0.5, 0.6) is 0 Å². The maximum absolute atomic E-state index is 6.20. The summed E-state index contributed by atoms with van der Waals surface area (Å²) in [4.78, 5) is 2.19. The molecule has 0 aromatic heterocycles. The van der Waals surface area contributed by atoms with Crippen molar-refractivity contribution in [2.75, 3.05) is 11.9 Å². The van der Waals surface area contributed by atoms with Crippen molar-refractivity contribution in [3.63, 3.8) is 0 Å². The molecular weight excluding hydrogens is 229 g/mol. The third-order valence-corrected chi connectivity index (χ3v) is 3.41. The minimum Gasteiger partial charge on any atom is -0.371 e. The number of alkyl halides is 1. The summed E-state index contributed by atoms with van der Waals surface area (Å²) in [6.45, 7) is 4.36. The van der Waals surface area contributed by atoms with E-state index in [0.29, 0.717) is 11.9 Å². The molecule has 1 aromatic carbocycles. The van der Waals surface area contributed by atoms with Crippen molar-refractivity contribution in [2.24, 2.45) is 0 Å². The summed E-state index contributed by atoms with van der Waals surface area (Å²) < 4.78 is 0. The van der Waals surface area contributed by atoms with Crippen molar-refractivity contribution in [1.29, 1.82) is 0 Å². The molecule has 0 N–H and O–H groups in total. The Morgan fingerprint density at radius 2 is 2.07 bits per heavy atom. The standard InChI is InChI=1S/C12H17Cl2N/c1-4-9(2)15(3)12-6-5-10(8-13)7-11(12)14/h5-7,9H,4,8H2,1-3H3. The van der Waals surface area contributed by atoms with E-state index in [4.69, 9.17) is 23.2 Å². The second-order valence-corrected chi connectivity index (χ2v) is 4.46. The molecule has 1 rings (SSSR count). The van der Waals surface area contributed by atoms with Crippen molar-refractivity contribution >= 4 is 28.9 Å². The minimum atomic E-state index is 0.490. The highest BCUT2D eigenvalue weighted by atomic mass is 35.5. The molecule has 1 unspecified atom stereocenters. The van der Waals surface area contributed by atoms with E-state index >= 15 is 0 Å². The minimum absolute atomic E-state index is 0.490. The van der Waals surface area contributed by atoms with Crippen LogP contribution in [-0.2, 0) is 5.88 Å². The third kappa shape index (κ3) is 3.02. The molecule has 0 aliphatic carbocycles. The van der Waals surface area contributed by atoms with Gasteiger partial charge in [-0.2, -0.15) is 0 Å². The van der Waals surface area contributed by atoms with Crippen LogP contribution in [0.15, 0.2) is 18.2 Å². The summed E-state index contributed by atoms with van der Waals surface area (Å²) in [5.74, 6) is 0.507. The van der Waals surface area contributed by atoms with Crippen LogP contribution in [0.25, 0.3) is 0 Å². The van der Waals surface area contributed by atoms with Crippen molar-refractivity contribution < 1.29 is 0 Å². The second-order valence-electron chi connectivity index (χ2n) is 3.79. The average Bonchev–Trinajstić information content (AvgIpc) is 2.26. The second kappa shape index (κ2) is 5.62. The van der Waals surface area contributed by atoms with Crippen LogP contribution in [0.4, 0.5) is 5.69 Å². The molecule has 1 nitrogen and oxygen atoms in total. The van der Waals surface area contributed by atoms with Gasteiger partial charge in [-0.3, -0.25) is 0 Å². The largest absolute Gasteiger partial charge is 0.371 e.